The number of aromatic nitrogens is 2. The van der Waals surface area contributed by atoms with Crippen LogP contribution in [0.2, 0.25) is 0 Å². The van der Waals surface area contributed by atoms with Crippen molar-refractivity contribution < 1.29 is 14.3 Å². The lowest BCUT2D eigenvalue weighted by Gasteiger charge is -2.36. The molecule has 0 spiro atoms. The number of H-pyrrole nitrogens is 1. The van der Waals surface area contributed by atoms with Gasteiger partial charge in [-0.2, -0.15) is 0 Å². The minimum Gasteiger partial charge on any atom is -0.370 e. The average molecular weight is 418 g/mol. The van der Waals surface area contributed by atoms with Crippen molar-refractivity contribution >= 4 is 28.5 Å². The first-order chi connectivity index (χ1) is 15.1. The van der Waals surface area contributed by atoms with Gasteiger partial charge in [0.15, 0.2) is 0 Å². The third kappa shape index (κ3) is 3.93. The van der Waals surface area contributed by atoms with Crippen LogP contribution in [-0.4, -0.2) is 39.8 Å². The predicted molar refractivity (Wildman–Crippen MR) is 118 cm³/mol. The monoisotopic (exact) mass is 418 g/mol. The number of nitrogens with one attached hydrogen (secondary N) is 2. The van der Waals surface area contributed by atoms with Crippen LogP contribution < -0.4 is 5.32 Å². The Kier molecular flexibility index (Phi) is 5.19. The number of fused-ring (bicyclic) bond motifs is 2. The van der Waals surface area contributed by atoms with Gasteiger partial charge in [0.25, 0.3) is 0 Å². The fourth-order valence-electron chi connectivity index (χ4n) is 4.69. The van der Waals surface area contributed by atoms with Crippen LogP contribution in [0.3, 0.4) is 0 Å². The maximum Gasteiger partial charge on any atom is 0.226 e. The SMILES string of the molecule is CC(=O)N1CCc2ccccc2C1CC(=O)Nc1ccc2nc(C3CCCO3)[nH]c2c1. The van der Waals surface area contributed by atoms with E-state index in [1.54, 1.807) is 11.8 Å². The zero-order valence-corrected chi connectivity index (χ0v) is 17.6. The van der Waals surface area contributed by atoms with Crippen LogP contribution in [0.1, 0.15) is 55.3 Å². The van der Waals surface area contributed by atoms with Gasteiger partial charge in [0.2, 0.25) is 11.8 Å². The fraction of sp³-hybridized carbons (Fsp3) is 0.375. The molecule has 1 saturated heterocycles. The number of hydrogen-bond donors (Lipinski definition) is 2. The molecule has 31 heavy (non-hydrogen) atoms. The highest BCUT2D eigenvalue weighted by atomic mass is 16.5. The molecule has 2 aliphatic heterocycles. The van der Waals surface area contributed by atoms with Crippen molar-refractivity contribution in [1.82, 2.24) is 14.9 Å². The van der Waals surface area contributed by atoms with Gasteiger partial charge in [-0.3, -0.25) is 9.59 Å². The molecule has 3 aromatic rings. The van der Waals surface area contributed by atoms with Crippen LogP contribution in [0, 0.1) is 0 Å². The van der Waals surface area contributed by atoms with Gasteiger partial charge in [-0.05, 0) is 48.6 Å². The van der Waals surface area contributed by atoms with Crippen LogP contribution in [0.5, 0.6) is 0 Å². The molecule has 2 unspecified atom stereocenters. The molecule has 160 valence electrons. The number of amides is 2. The van der Waals surface area contributed by atoms with Crippen LogP contribution in [0.15, 0.2) is 42.5 Å². The number of benzene rings is 2. The largest absolute Gasteiger partial charge is 0.370 e. The zero-order valence-electron chi connectivity index (χ0n) is 17.6. The van der Waals surface area contributed by atoms with Gasteiger partial charge in [-0.25, -0.2) is 4.98 Å². The minimum absolute atomic E-state index is 0.00663. The summed E-state index contributed by atoms with van der Waals surface area (Å²) in [6.45, 7) is 2.97. The lowest BCUT2D eigenvalue weighted by Crippen LogP contribution is -2.40. The number of anilines is 1. The van der Waals surface area contributed by atoms with E-state index in [1.807, 2.05) is 36.4 Å². The fourth-order valence-corrected chi connectivity index (χ4v) is 4.69. The van der Waals surface area contributed by atoms with Crippen molar-refractivity contribution in [3.05, 3.63) is 59.4 Å². The van der Waals surface area contributed by atoms with E-state index in [9.17, 15) is 9.59 Å². The first-order valence-electron chi connectivity index (χ1n) is 10.8. The second kappa shape index (κ2) is 8.15. The third-order valence-corrected chi connectivity index (χ3v) is 6.21. The standard InChI is InChI=1S/C24H26N4O3/c1-15(29)28-11-10-16-5-2-3-6-18(16)21(28)14-23(30)25-17-8-9-19-20(13-17)27-24(26-19)22-7-4-12-31-22/h2-3,5-6,8-9,13,21-22H,4,7,10-12,14H2,1H3,(H,25,30)(H,26,27). The Labute approximate surface area is 180 Å². The number of imidazole rings is 1. The van der Waals surface area contributed by atoms with E-state index in [0.29, 0.717) is 12.2 Å². The molecular formula is C24H26N4O3. The number of rotatable bonds is 4. The van der Waals surface area contributed by atoms with E-state index < -0.39 is 0 Å². The third-order valence-electron chi connectivity index (χ3n) is 6.21. The van der Waals surface area contributed by atoms with Crippen molar-refractivity contribution in [2.45, 2.75) is 44.8 Å². The van der Waals surface area contributed by atoms with E-state index in [1.165, 1.54) is 5.56 Å². The Balaban J connectivity index is 1.33. The van der Waals surface area contributed by atoms with Gasteiger partial charge in [-0.1, -0.05) is 24.3 Å². The summed E-state index contributed by atoms with van der Waals surface area (Å²) >= 11 is 0. The zero-order chi connectivity index (χ0) is 21.4. The summed E-state index contributed by atoms with van der Waals surface area (Å²) < 4.78 is 5.71. The summed E-state index contributed by atoms with van der Waals surface area (Å²) in [4.78, 5) is 34.9. The molecule has 2 N–H and O–H groups in total. The normalized spacial score (nSPS) is 20.6. The van der Waals surface area contributed by atoms with Crippen molar-refractivity contribution in [1.29, 1.82) is 0 Å². The van der Waals surface area contributed by atoms with Gasteiger partial charge in [-0.15, -0.1) is 0 Å². The summed E-state index contributed by atoms with van der Waals surface area (Å²) in [5.41, 5.74) is 4.70. The summed E-state index contributed by atoms with van der Waals surface area (Å²) in [7, 11) is 0. The second-order valence-electron chi connectivity index (χ2n) is 8.28. The van der Waals surface area contributed by atoms with Gasteiger partial charge < -0.3 is 19.9 Å². The number of carbonyl (C=O) groups excluding carboxylic acids is 2. The summed E-state index contributed by atoms with van der Waals surface area (Å²) in [6.07, 6.45) is 3.08. The smallest absolute Gasteiger partial charge is 0.226 e. The number of nitrogens with zero attached hydrogens (tertiary/aromatic N) is 2. The van der Waals surface area contributed by atoms with Crippen LogP contribution in [0.25, 0.3) is 11.0 Å². The first-order valence-corrected chi connectivity index (χ1v) is 10.8. The quantitative estimate of drug-likeness (QED) is 0.673. The van der Waals surface area contributed by atoms with Crippen molar-refractivity contribution in [3.8, 4) is 0 Å². The van der Waals surface area contributed by atoms with Crippen LogP contribution in [0.4, 0.5) is 5.69 Å². The summed E-state index contributed by atoms with van der Waals surface area (Å²) in [5.74, 6) is 0.714. The van der Waals surface area contributed by atoms with Gasteiger partial charge >= 0.3 is 0 Å². The molecular weight excluding hydrogens is 392 g/mol. The van der Waals surface area contributed by atoms with E-state index in [4.69, 9.17) is 4.74 Å². The molecule has 0 aliphatic carbocycles. The molecule has 1 fully saturated rings. The maximum atomic E-state index is 12.9. The highest BCUT2D eigenvalue weighted by Crippen LogP contribution is 2.33. The molecule has 7 heteroatoms. The Morgan fingerprint density at radius 1 is 1.26 bits per heavy atom. The second-order valence-corrected chi connectivity index (χ2v) is 8.28. The maximum absolute atomic E-state index is 12.9. The lowest BCUT2D eigenvalue weighted by molar-refractivity contribution is -0.132. The Morgan fingerprint density at radius 2 is 2.13 bits per heavy atom. The van der Waals surface area contributed by atoms with Crippen molar-refractivity contribution in [2.24, 2.45) is 0 Å². The Bertz CT molecular complexity index is 1130. The summed E-state index contributed by atoms with van der Waals surface area (Å²) in [5, 5.41) is 2.99. The molecule has 0 saturated carbocycles. The average Bonchev–Trinajstić information content (AvgIpc) is 3.43. The lowest BCUT2D eigenvalue weighted by atomic mass is 9.90. The minimum atomic E-state index is -0.246. The van der Waals surface area contributed by atoms with Gasteiger partial charge in [0, 0.05) is 25.8 Å². The topological polar surface area (TPSA) is 87.3 Å². The Morgan fingerprint density at radius 3 is 2.94 bits per heavy atom. The molecule has 3 heterocycles. The van der Waals surface area contributed by atoms with E-state index >= 15 is 0 Å². The van der Waals surface area contributed by atoms with Crippen LogP contribution in [-0.2, 0) is 20.7 Å². The summed E-state index contributed by atoms with van der Waals surface area (Å²) in [6, 6.07) is 13.5. The number of ether oxygens (including phenoxy) is 1. The molecule has 7 nitrogen and oxygen atoms in total. The molecule has 5 rings (SSSR count). The molecule has 2 aliphatic rings. The van der Waals surface area contributed by atoms with Gasteiger partial charge in [0.1, 0.15) is 11.9 Å². The number of hydrogen-bond acceptors (Lipinski definition) is 4. The van der Waals surface area contributed by atoms with Crippen molar-refractivity contribution in [2.75, 3.05) is 18.5 Å². The molecule has 2 aromatic carbocycles. The van der Waals surface area contributed by atoms with E-state index in [-0.39, 0.29) is 30.4 Å². The molecule has 0 radical (unpaired) electrons. The molecule has 0 bridgehead atoms. The highest BCUT2D eigenvalue weighted by molar-refractivity contribution is 5.93. The highest BCUT2D eigenvalue weighted by Gasteiger charge is 2.30. The number of carbonyl (C=O) groups is 2. The van der Waals surface area contributed by atoms with E-state index in [0.717, 1.165) is 48.3 Å². The Hall–Kier alpha value is -3.19. The molecule has 2 amide bonds. The van der Waals surface area contributed by atoms with E-state index in [2.05, 4.69) is 21.4 Å². The van der Waals surface area contributed by atoms with Gasteiger partial charge in [0.05, 0.1) is 23.5 Å². The molecule has 2 atom stereocenters. The number of aromatic amines is 1. The molecule has 1 aromatic heterocycles. The van der Waals surface area contributed by atoms with Crippen LogP contribution >= 0.6 is 0 Å². The van der Waals surface area contributed by atoms with Crippen molar-refractivity contribution in [3.63, 3.8) is 0 Å². The first kappa shape index (κ1) is 19.8. The predicted octanol–water partition coefficient (Wildman–Crippen LogP) is 3.89.